The number of carboxylic acids is 1. The van der Waals surface area contributed by atoms with Gasteiger partial charge in [0, 0.05) is 24.7 Å². The number of hydrogen-bond donors (Lipinski definition) is 7. The Morgan fingerprint density at radius 1 is 0.947 bits per heavy atom. The molecule has 208 valence electrons. The lowest BCUT2D eigenvalue weighted by Gasteiger charge is -2.26. The van der Waals surface area contributed by atoms with Gasteiger partial charge in [-0.3, -0.25) is 14.4 Å². The van der Waals surface area contributed by atoms with Gasteiger partial charge in [0.2, 0.25) is 17.7 Å². The fourth-order valence-corrected chi connectivity index (χ4v) is 3.87. The van der Waals surface area contributed by atoms with Crippen molar-refractivity contribution < 1.29 is 24.3 Å². The number of carboxylic acid groups (broad SMARTS) is 1. The summed E-state index contributed by atoms with van der Waals surface area (Å²) in [5.74, 6) is -3.26. The molecule has 4 unspecified atom stereocenters. The molecule has 0 radical (unpaired) electrons. The summed E-state index contributed by atoms with van der Waals surface area (Å²) in [6.07, 6.45) is 4.82. The van der Waals surface area contributed by atoms with Crippen molar-refractivity contribution in [2.45, 2.75) is 70.1 Å². The summed E-state index contributed by atoms with van der Waals surface area (Å²) in [6, 6.07) is 5.03. The molecule has 4 atom stereocenters. The van der Waals surface area contributed by atoms with E-state index in [1.165, 1.54) is 6.33 Å². The topological polar surface area (TPSA) is 205 Å². The lowest BCUT2D eigenvalue weighted by molar-refractivity contribution is -0.143. The number of unbranched alkanes of at least 4 members (excludes halogenated alkanes) is 1. The number of rotatable bonds is 16. The second-order valence-corrected chi connectivity index (χ2v) is 9.55. The normalized spacial score (nSPS) is 14.2. The SMILES string of the molecule is CC(C)C(NC(=O)C(CCCCN)NC(=O)C(Cc1ccccc1)NC(=O)C(N)Cc1cnc[nH]1)C(=O)O. The number of aliphatic carboxylic acids is 1. The van der Waals surface area contributed by atoms with E-state index in [1.807, 2.05) is 30.3 Å². The Morgan fingerprint density at radius 3 is 2.18 bits per heavy atom. The third kappa shape index (κ3) is 9.94. The molecule has 1 aromatic carbocycles. The molecule has 0 bridgehead atoms. The lowest BCUT2D eigenvalue weighted by Crippen LogP contribution is -2.58. The molecule has 0 spiro atoms. The van der Waals surface area contributed by atoms with E-state index in [4.69, 9.17) is 11.5 Å². The Labute approximate surface area is 222 Å². The van der Waals surface area contributed by atoms with Crippen LogP contribution >= 0.6 is 0 Å². The number of benzene rings is 1. The van der Waals surface area contributed by atoms with Crippen molar-refractivity contribution in [1.29, 1.82) is 0 Å². The standard InChI is InChI=1S/C26H39N7O5/c1-16(2)22(26(37)38)33-24(35)20(10-6-7-11-27)31-25(36)21(12-17-8-4-3-5-9-17)32-23(34)19(28)13-18-14-29-15-30-18/h3-5,8-9,14-16,19-22H,6-7,10-13,27-28H2,1-2H3,(H,29,30)(H,31,36)(H,32,34)(H,33,35)(H,37,38). The van der Waals surface area contributed by atoms with Gasteiger partial charge < -0.3 is 37.5 Å². The highest BCUT2D eigenvalue weighted by Gasteiger charge is 2.31. The van der Waals surface area contributed by atoms with Gasteiger partial charge in [-0.25, -0.2) is 9.78 Å². The first-order chi connectivity index (χ1) is 18.1. The Bertz CT molecular complexity index is 1030. The summed E-state index contributed by atoms with van der Waals surface area (Å²) in [4.78, 5) is 57.8. The molecule has 1 heterocycles. The third-order valence-corrected chi connectivity index (χ3v) is 6.06. The number of imidazole rings is 1. The van der Waals surface area contributed by atoms with Crippen molar-refractivity contribution in [1.82, 2.24) is 25.9 Å². The lowest BCUT2D eigenvalue weighted by atomic mass is 10.0. The van der Waals surface area contributed by atoms with Crippen molar-refractivity contribution in [2.24, 2.45) is 17.4 Å². The Hall–Kier alpha value is -3.77. The van der Waals surface area contributed by atoms with Crippen molar-refractivity contribution >= 4 is 23.7 Å². The Kier molecular flexibility index (Phi) is 12.4. The summed E-state index contributed by atoms with van der Waals surface area (Å²) in [5, 5.41) is 17.4. The number of nitrogens with one attached hydrogen (secondary N) is 4. The van der Waals surface area contributed by atoms with Crippen LogP contribution < -0.4 is 27.4 Å². The monoisotopic (exact) mass is 529 g/mol. The molecule has 3 amide bonds. The molecule has 9 N–H and O–H groups in total. The number of carbonyl (C=O) groups is 4. The molecule has 0 aliphatic carbocycles. The van der Waals surface area contributed by atoms with Crippen LogP contribution in [-0.2, 0) is 32.0 Å². The third-order valence-electron chi connectivity index (χ3n) is 6.06. The summed E-state index contributed by atoms with van der Waals surface area (Å²) < 4.78 is 0. The summed E-state index contributed by atoms with van der Waals surface area (Å²) in [5.41, 5.74) is 13.1. The first kappa shape index (κ1) is 30.5. The number of nitrogens with two attached hydrogens (primary N) is 2. The zero-order chi connectivity index (χ0) is 28.1. The van der Waals surface area contributed by atoms with Crippen molar-refractivity contribution in [3.8, 4) is 0 Å². The van der Waals surface area contributed by atoms with Gasteiger partial charge in [0.05, 0.1) is 12.4 Å². The first-order valence-corrected chi connectivity index (χ1v) is 12.7. The van der Waals surface area contributed by atoms with Crippen LogP contribution in [0.4, 0.5) is 0 Å². The number of carbonyl (C=O) groups excluding carboxylic acids is 3. The van der Waals surface area contributed by atoms with Crippen LogP contribution in [0.2, 0.25) is 0 Å². The second-order valence-electron chi connectivity index (χ2n) is 9.55. The average Bonchev–Trinajstić information content (AvgIpc) is 3.39. The first-order valence-electron chi connectivity index (χ1n) is 12.7. The van der Waals surface area contributed by atoms with Crippen LogP contribution in [0.3, 0.4) is 0 Å². The number of aromatic nitrogens is 2. The van der Waals surface area contributed by atoms with E-state index in [1.54, 1.807) is 20.0 Å². The maximum atomic E-state index is 13.4. The smallest absolute Gasteiger partial charge is 0.326 e. The minimum atomic E-state index is -1.17. The van der Waals surface area contributed by atoms with E-state index < -0.39 is 47.9 Å². The zero-order valence-electron chi connectivity index (χ0n) is 21.9. The van der Waals surface area contributed by atoms with E-state index in [2.05, 4.69) is 25.9 Å². The van der Waals surface area contributed by atoms with Crippen LogP contribution in [0.15, 0.2) is 42.9 Å². The number of aromatic amines is 1. The van der Waals surface area contributed by atoms with E-state index >= 15 is 0 Å². The Morgan fingerprint density at radius 2 is 1.61 bits per heavy atom. The van der Waals surface area contributed by atoms with Crippen LogP contribution in [0.1, 0.15) is 44.4 Å². The van der Waals surface area contributed by atoms with E-state index in [9.17, 15) is 24.3 Å². The molecule has 0 aliphatic heterocycles. The Balaban J connectivity index is 2.20. The highest BCUT2D eigenvalue weighted by Crippen LogP contribution is 2.09. The zero-order valence-corrected chi connectivity index (χ0v) is 21.9. The number of H-pyrrole nitrogens is 1. The predicted molar refractivity (Wildman–Crippen MR) is 142 cm³/mol. The van der Waals surface area contributed by atoms with Gasteiger partial charge >= 0.3 is 5.97 Å². The van der Waals surface area contributed by atoms with Gasteiger partial charge in [-0.05, 0) is 37.3 Å². The minimum Gasteiger partial charge on any atom is -0.480 e. The number of nitrogens with zero attached hydrogens (tertiary/aromatic N) is 1. The summed E-state index contributed by atoms with van der Waals surface area (Å²) in [6.45, 7) is 3.77. The van der Waals surface area contributed by atoms with Crippen LogP contribution in [0.5, 0.6) is 0 Å². The summed E-state index contributed by atoms with van der Waals surface area (Å²) >= 11 is 0. The van der Waals surface area contributed by atoms with Crippen LogP contribution in [0, 0.1) is 5.92 Å². The molecule has 0 aliphatic rings. The molecule has 12 nitrogen and oxygen atoms in total. The maximum absolute atomic E-state index is 13.4. The molecule has 12 heteroatoms. The number of hydrogen-bond acceptors (Lipinski definition) is 7. The highest BCUT2D eigenvalue weighted by atomic mass is 16.4. The van der Waals surface area contributed by atoms with Gasteiger partial charge in [0.1, 0.15) is 18.1 Å². The highest BCUT2D eigenvalue weighted by molar-refractivity contribution is 5.94. The fourth-order valence-electron chi connectivity index (χ4n) is 3.87. The van der Waals surface area contributed by atoms with Crippen molar-refractivity contribution in [3.63, 3.8) is 0 Å². The van der Waals surface area contributed by atoms with Gasteiger partial charge in [0.25, 0.3) is 0 Å². The van der Waals surface area contributed by atoms with E-state index in [-0.39, 0.29) is 25.2 Å². The van der Waals surface area contributed by atoms with Gasteiger partial charge in [-0.2, -0.15) is 0 Å². The maximum Gasteiger partial charge on any atom is 0.326 e. The van der Waals surface area contributed by atoms with Crippen LogP contribution in [0.25, 0.3) is 0 Å². The van der Waals surface area contributed by atoms with Crippen molar-refractivity contribution in [3.05, 3.63) is 54.1 Å². The molecule has 38 heavy (non-hydrogen) atoms. The van der Waals surface area contributed by atoms with Gasteiger partial charge in [-0.15, -0.1) is 0 Å². The summed E-state index contributed by atoms with van der Waals surface area (Å²) in [7, 11) is 0. The molecule has 0 saturated heterocycles. The number of amides is 3. The quantitative estimate of drug-likeness (QED) is 0.145. The van der Waals surface area contributed by atoms with E-state index in [0.29, 0.717) is 25.1 Å². The molecule has 0 fully saturated rings. The fraction of sp³-hybridized carbons (Fsp3) is 0.500. The van der Waals surface area contributed by atoms with Crippen LogP contribution in [-0.4, -0.2) is 69.5 Å². The molecule has 2 rings (SSSR count). The molecule has 1 aromatic heterocycles. The second kappa shape index (κ2) is 15.5. The minimum absolute atomic E-state index is 0.163. The average molecular weight is 530 g/mol. The van der Waals surface area contributed by atoms with Crippen molar-refractivity contribution in [2.75, 3.05) is 6.54 Å². The predicted octanol–water partition coefficient (Wildman–Crippen LogP) is -0.154. The largest absolute Gasteiger partial charge is 0.480 e. The molecular weight excluding hydrogens is 490 g/mol. The van der Waals surface area contributed by atoms with E-state index in [0.717, 1.165) is 5.56 Å². The van der Waals surface area contributed by atoms with Gasteiger partial charge in [-0.1, -0.05) is 44.2 Å². The molecular formula is C26H39N7O5. The van der Waals surface area contributed by atoms with Gasteiger partial charge in [0.15, 0.2) is 0 Å². The molecule has 2 aromatic rings. The molecule has 0 saturated carbocycles.